The van der Waals surface area contributed by atoms with Crippen LogP contribution in [0.2, 0.25) is 0 Å². The van der Waals surface area contributed by atoms with Crippen molar-refractivity contribution in [2.45, 2.75) is 26.3 Å². The average molecular weight is 270 g/mol. The Morgan fingerprint density at radius 2 is 2.15 bits per heavy atom. The number of amides is 1. The van der Waals surface area contributed by atoms with E-state index in [0.29, 0.717) is 17.9 Å². The lowest BCUT2D eigenvalue weighted by molar-refractivity contribution is 0.0935. The third-order valence-corrected chi connectivity index (χ3v) is 3.00. The molecule has 1 amide bonds. The van der Waals surface area contributed by atoms with Gasteiger partial charge in [-0.25, -0.2) is 4.98 Å². The lowest BCUT2D eigenvalue weighted by Gasteiger charge is -2.14. The Bertz CT molecular complexity index is 612. The van der Waals surface area contributed by atoms with Crippen molar-refractivity contribution in [1.82, 2.24) is 15.3 Å². The summed E-state index contributed by atoms with van der Waals surface area (Å²) in [7, 11) is 0. The highest BCUT2D eigenvalue weighted by atomic mass is 16.1. The zero-order chi connectivity index (χ0) is 14.5. The van der Waals surface area contributed by atoms with Crippen LogP contribution in [-0.2, 0) is 6.42 Å². The zero-order valence-corrected chi connectivity index (χ0v) is 11.6. The molecule has 0 saturated heterocycles. The Kier molecular flexibility index (Phi) is 4.30. The maximum absolute atomic E-state index is 12.0. The van der Waals surface area contributed by atoms with E-state index in [9.17, 15) is 4.79 Å². The predicted molar refractivity (Wildman–Crippen MR) is 78.3 cm³/mol. The third-order valence-electron chi connectivity index (χ3n) is 3.00. The molecule has 0 aliphatic heterocycles. The lowest BCUT2D eigenvalue weighted by Crippen LogP contribution is -2.35. The van der Waals surface area contributed by atoms with Crippen LogP contribution < -0.4 is 11.1 Å². The number of anilines is 1. The molecule has 0 aliphatic rings. The van der Waals surface area contributed by atoms with Crippen LogP contribution in [0.3, 0.4) is 0 Å². The maximum atomic E-state index is 12.0. The molecule has 2 aromatic heterocycles. The zero-order valence-electron chi connectivity index (χ0n) is 11.6. The number of nitrogens with one attached hydrogen (secondary N) is 1. The molecule has 20 heavy (non-hydrogen) atoms. The van der Waals surface area contributed by atoms with Gasteiger partial charge in [-0.2, -0.15) is 0 Å². The van der Waals surface area contributed by atoms with Crippen LogP contribution in [0.4, 0.5) is 5.82 Å². The number of nitrogens with two attached hydrogens (primary N) is 1. The molecule has 0 spiro atoms. The lowest BCUT2D eigenvalue weighted by atomic mass is 10.1. The normalized spacial score (nSPS) is 11.9. The molecule has 0 fully saturated rings. The first-order valence-electron chi connectivity index (χ1n) is 6.50. The highest BCUT2D eigenvalue weighted by Gasteiger charge is 2.13. The van der Waals surface area contributed by atoms with Crippen molar-refractivity contribution in [2.24, 2.45) is 0 Å². The first kappa shape index (κ1) is 14.0. The summed E-state index contributed by atoms with van der Waals surface area (Å²) in [6, 6.07) is 8.89. The number of rotatable bonds is 4. The smallest absolute Gasteiger partial charge is 0.270 e. The number of aryl methyl sites for hydroxylation is 1. The van der Waals surface area contributed by atoms with Crippen molar-refractivity contribution in [3.05, 3.63) is 53.5 Å². The van der Waals surface area contributed by atoms with Gasteiger partial charge >= 0.3 is 0 Å². The van der Waals surface area contributed by atoms with E-state index in [0.717, 1.165) is 11.3 Å². The van der Waals surface area contributed by atoms with Gasteiger partial charge in [0.2, 0.25) is 0 Å². The summed E-state index contributed by atoms with van der Waals surface area (Å²) in [5.41, 5.74) is 8.01. The van der Waals surface area contributed by atoms with Crippen molar-refractivity contribution in [1.29, 1.82) is 0 Å². The molecule has 0 aromatic carbocycles. The molecule has 5 heteroatoms. The average Bonchev–Trinajstić information content (AvgIpc) is 2.41. The van der Waals surface area contributed by atoms with E-state index >= 15 is 0 Å². The number of nitrogens with zero attached hydrogens (tertiary/aromatic N) is 2. The van der Waals surface area contributed by atoms with E-state index < -0.39 is 0 Å². The molecule has 2 rings (SSSR count). The maximum Gasteiger partial charge on any atom is 0.270 e. The minimum absolute atomic E-state index is 0.0284. The van der Waals surface area contributed by atoms with Gasteiger partial charge in [0.1, 0.15) is 11.5 Å². The summed E-state index contributed by atoms with van der Waals surface area (Å²) < 4.78 is 0. The van der Waals surface area contributed by atoms with E-state index in [4.69, 9.17) is 5.73 Å². The molecule has 0 radical (unpaired) electrons. The molecule has 2 heterocycles. The highest BCUT2D eigenvalue weighted by Crippen LogP contribution is 2.07. The van der Waals surface area contributed by atoms with Crippen molar-refractivity contribution < 1.29 is 4.79 Å². The monoisotopic (exact) mass is 270 g/mol. The molecule has 0 bridgehead atoms. The Morgan fingerprint density at radius 3 is 2.85 bits per heavy atom. The molecule has 2 aromatic rings. The fourth-order valence-corrected chi connectivity index (χ4v) is 1.95. The second-order valence-electron chi connectivity index (χ2n) is 4.79. The molecular formula is C15H18N4O. The van der Waals surface area contributed by atoms with Gasteiger partial charge in [0.15, 0.2) is 0 Å². The van der Waals surface area contributed by atoms with Crippen LogP contribution in [0.25, 0.3) is 0 Å². The first-order valence-corrected chi connectivity index (χ1v) is 6.50. The van der Waals surface area contributed by atoms with Crippen LogP contribution in [-0.4, -0.2) is 21.9 Å². The van der Waals surface area contributed by atoms with Gasteiger partial charge in [-0.3, -0.25) is 9.78 Å². The number of nitrogen functional groups attached to an aromatic ring is 1. The van der Waals surface area contributed by atoms with Gasteiger partial charge in [0, 0.05) is 24.4 Å². The largest absolute Gasteiger partial charge is 0.384 e. The summed E-state index contributed by atoms with van der Waals surface area (Å²) >= 11 is 0. The minimum Gasteiger partial charge on any atom is -0.384 e. The Hall–Kier alpha value is -2.43. The van der Waals surface area contributed by atoms with Gasteiger partial charge in [-0.1, -0.05) is 12.1 Å². The Balaban J connectivity index is 2.00. The summed E-state index contributed by atoms with van der Waals surface area (Å²) in [6.45, 7) is 3.95. The highest BCUT2D eigenvalue weighted by molar-refractivity contribution is 5.92. The van der Waals surface area contributed by atoms with E-state index in [1.165, 1.54) is 0 Å². The summed E-state index contributed by atoms with van der Waals surface area (Å²) in [5.74, 6) is 0.115. The standard InChI is InChI=1S/C15H18N4O/c1-10-5-4-8-17-13(10)9-11(2)18-15(20)12-6-3-7-14(16)19-12/h3-8,11H,9H2,1-2H3,(H2,16,19)(H,18,20)/t11-/m1/s1. The van der Waals surface area contributed by atoms with Gasteiger partial charge in [-0.05, 0) is 37.6 Å². The number of carbonyl (C=O) groups excluding carboxylic acids is 1. The predicted octanol–water partition coefficient (Wildman–Crippen LogP) is 1.73. The molecule has 0 saturated carbocycles. The van der Waals surface area contributed by atoms with Crippen molar-refractivity contribution >= 4 is 11.7 Å². The number of pyridine rings is 2. The number of aromatic nitrogens is 2. The molecule has 104 valence electrons. The number of carbonyl (C=O) groups is 1. The Labute approximate surface area is 118 Å². The van der Waals surface area contributed by atoms with Gasteiger partial charge in [0.05, 0.1) is 0 Å². The van der Waals surface area contributed by atoms with Gasteiger partial charge in [-0.15, -0.1) is 0 Å². The number of hydrogen-bond acceptors (Lipinski definition) is 4. The van der Waals surface area contributed by atoms with Crippen molar-refractivity contribution in [3.8, 4) is 0 Å². The van der Waals surface area contributed by atoms with E-state index in [1.807, 2.05) is 26.0 Å². The molecule has 5 nitrogen and oxygen atoms in total. The Morgan fingerprint density at radius 1 is 1.35 bits per heavy atom. The van der Waals surface area contributed by atoms with E-state index in [-0.39, 0.29) is 11.9 Å². The van der Waals surface area contributed by atoms with Crippen LogP contribution in [0.5, 0.6) is 0 Å². The molecule has 3 N–H and O–H groups in total. The second-order valence-corrected chi connectivity index (χ2v) is 4.79. The van der Waals surface area contributed by atoms with E-state index in [1.54, 1.807) is 24.4 Å². The molecule has 0 unspecified atom stereocenters. The van der Waals surface area contributed by atoms with Crippen LogP contribution in [0, 0.1) is 6.92 Å². The minimum atomic E-state index is -0.224. The quantitative estimate of drug-likeness (QED) is 0.886. The first-order chi connectivity index (χ1) is 9.56. The van der Waals surface area contributed by atoms with Crippen LogP contribution in [0.1, 0.15) is 28.7 Å². The van der Waals surface area contributed by atoms with Crippen molar-refractivity contribution in [3.63, 3.8) is 0 Å². The topological polar surface area (TPSA) is 80.9 Å². The van der Waals surface area contributed by atoms with Crippen LogP contribution >= 0.6 is 0 Å². The number of hydrogen-bond donors (Lipinski definition) is 2. The van der Waals surface area contributed by atoms with Gasteiger partial charge in [0.25, 0.3) is 5.91 Å². The molecule has 1 atom stereocenters. The molecular weight excluding hydrogens is 252 g/mol. The summed E-state index contributed by atoms with van der Waals surface area (Å²) in [5, 5.41) is 2.90. The van der Waals surface area contributed by atoms with Crippen molar-refractivity contribution in [2.75, 3.05) is 5.73 Å². The summed E-state index contributed by atoms with van der Waals surface area (Å²) in [6.07, 6.45) is 2.44. The summed E-state index contributed by atoms with van der Waals surface area (Å²) in [4.78, 5) is 20.4. The second kappa shape index (κ2) is 6.14. The van der Waals surface area contributed by atoms with E-state index in [2.05, 4.69) is 15.3 Å². The fourth-order valence-electron chi connectivity index (χ4n) is 1.95. The van der Waals surface area contributed by atoms with Gasteiger partial charge < -0.3 is 11.1 Å². The third kappa shape index (κ3) is 3.54. The SMILES string of the molecule is Cc1cccnc1C[C@@H](C)NC(=O)c1cccc(N)n1. The molecule has 0 aliphatic carbocycles. The van der Waals surface area contributed by atoms with Crippen LogP contribution in [0.15, 0.2) is 36.5 Å². The fraction of sp³-hybridized carbons (Fsp3) is 0.267.